The summed E-state index contributed by atoms with van der Waals surface area (Å²) in [5.41, 5.74) is 3.58. The molecule has 1 atom stereocenters. The Morgan fingerprint density at radius 2 is 2.53 bits per heavy atom. The highest BCUT2D eigenvalue weighted by molar-refractivity contribution is 5.49. The average Bonchev–Trinajstić information content (AvgIpc) is 2.58. The molecule has 2 heterocycles. The first kappa shape index (κ1) is 12.3. The summed E-state index contributed by atoms with van der Waals surface area (Å²) in [4.78, 5) is 0. The van der Waals surface area contributed by atoms with Gasteiger partial charge >= 0.3 is 0 Å². The summed E-state index contributed by atoms with van der Waals surface area (Å²) >= 11 is 0. The number of ether oxygens (including phenoxy) is 1. The third-order valence-electron chi connectivity index (χ3n) is 3.00. The van der Waals surface area contributed by atoms with Crippen molar-refractivity contribution in [3.63, 3.8) is 0 Å². The van der Waals surface area contributed by atoms with Crippen LogP contribution < -0.4 is 5.32 Å². The second-order valence-corrected chi connectivity index (χ2v) is 4.75. The van der Waals surface area contributed by atoms with Crippen molar-refractivity contribution in [2.24, 2.45) is 7.05 Å². The van der Waals surface area contributed by atoms with E-state index >= 15 is 0 Å². The van der Waals surface area contributed by atoms with Crippen molar-refractivity contribution in [3.05, 3.63) is 23.0 Å². The van der Waals surface area contributed by atoms with Gasteiger partial charge in [-0.3, -0.25) is 4.68 Å². The lowest BCUT2D eigenvalue weighted by Gasteiger charge is -2.23. The second kappa shape index (κ2) is 5.47. The van der Waals surface area contributed by atoms with Gasteiger partial charge in [-0.1, -0.05) is 5.57 Å². The van der Waals surface area contributed by atoms with E-state index in [1.54, 1.807) is 0 Å². The van der Waals surface area contributed by atoms with Gasteiger partial charge in [-0.25, -0.2) is 0 Å². The fourth-order valence-corrected chi connectivity index (χ4v) is 2.22. The minimum Gasteiger partial charge on any atom is -0.379 e. The molecule has 1 aliphatic heterocycles. The van der Waals surface area contributed by atoms with Crippen molar-refractivity contribution in [1.29, 1.82) is 0 Å². The average molecular weight is 235 g/mol. The van der Waals surface area contributed by atoms with Crippen LogP contribution in [0.2, 0.25) is 0 Å². The van der Waals surface area contributed by atoms with Crippen LogP contribution in [0.3, 0.4) is 0 Å². The number of nitrogens with one attached hydrogen (secondary N) is 1. The molecule has 1 saturated heterocycles. The maximum atomic E-state index is 5.45. The molecule has 94 valence electrons. The largest absolute Gasteiger partial charge is 0.379 e. The van der Waals surface area contributed by atoms with E-state index in [9.17, 15) is 0 Å². The van der Waals surface area contributed by atoms with Crippen molar-refractivity contribution < 1.29 is 4.74 Å². The van der Waals surface area contributed by atoms with Crippen LogP contribution in [0.5, 0.6) is 0 Å². The number of aryl methyl sites for hydroxylation is 2. The molecule has 0 aromatic carbocycles. The van der Waals surface area contributed by atoms with E-state index in [-0.39, 0.29) is 0 Å². The van der Waals surface area contributed by atoms with Crippen molar-refractivity contribution in [3.8, 4) is 0 Å². The van der Waals surface area contributed by atoms with E-state index in [0.717, 1.165) is 37.6 Å². The zero-order chi connectivity index (χ0) is 12.3. The van der Waals surface area contributed by atoms with Crippen LogP contribution in [0.1, 0.15) is 24.7 Å². The number of aromatic nitrogens is 2. The summed E-state index contributed by atoms with van der Waals surface area (Å²) in [6, 6.07) is 2.56. The fraction of sp³-hybridized carbons (Fsp3) is 0.615. The number of hydrogen-bond acceptors (Lipinski definition) is 3. The van der Waals surface area contributed by atoms with Gasteiger partial charge < -0.3 is 10.1 Å². The SMILES string of the molecule is CC(=Cc1cc(C)nn1C)CC1COCCN1. The van der Waals surface area contributed by atoms with Crippen LogP contribution in [-0.2, 0) is 11.8 Å². The zero-order valence-electron chi connectivity index (χ0n) is 10.9. The Hall–Kier alpha value is -1.13. The van der Waals surface area contributed by atoms with Gasteiger partial charge in [0.15, 0.2) is 0 Å². The molecule has 0 saturated carbocycles. The summed E-state index contributed by atoms with van der Waals surface area (Å²) in [5, 5.41) is 7.81. The molecule has 4 heteroatoms. The number of rotatable bonds is 3. The maximum Gasteiger partial charge on any atom is 0.0623 e. The first-order valence-electron chi connectivity index (χ1n) is 6.14. The van der Waals surface area contributed by atoms with Gasteiger partial charge in [0, 0.05) is 19.6 Å². The van der Waals surface area contributed by atoms with E-state index in [0.29, 0.717) is 6.04 Å². The summed E-state index contributed by atoms with van der Waals surface area (Å²) < 4.78 is 7.37. The minimum atomic E-state index is 0.453. The van der Waals surface area contributed by atoms with Gasteiger partial charge in [-0.15, -0.1) is 0 Å². The van der Waals surface area contributed by atoms with E-state index in [4.69, 9.17) is 4.74 Å². The van der Waals surface area contributed by atoms with Crippen LogP contribution in [0.4, 0.5) is 0 Å². The molecule has 0 spiro atoms. The van der Waals surface area contributed by atoms with Gasteiger partial charge in [0.2, 0.25) is 0 Å². The lowest BCUT2D eigenvalue weighted by molar-refractivity contribution is 0.0771. The molecule has 17 heavy (non-hydrogen) atoms. The Morgan fingerprint density at radius 1 is 1.71 bits per heavy atom. The quantitative estimate of drug-likeness (QED) is 0.863. The molecule has 0 aliphatic carbocycles. The van der Waals surface area contributed by atoms with Crippen molar-refractivity contribution in [2.45, 2.75) is 26.3 Å². The van der Waals surface area contributed by atoms with Crippen LogP contribution in [-0.4, -0.2) is 35.6 Å². The molecule has 1 fully saturated rings. The Morgan fingerprint density at radius 3 is 3.12 bits per heavy atom. The number of hydrogen-bond donors (Lipinski definition) is 1. The monoisotopic (exact) mass is 235 g/mol. The van der Waals surface area contributed by atoms with Gasteiger partial charge in [-0.05, 0) is 32.4 Å². The van der Waals surface area contributed by atoms with Crippen molar-refractivity contribution in [1.82, 2.24) is 15.1 Å². The van der Waals surface area contributed by atoms with Gasteiger partial charge in [-0.2, -0.15) is 5.10 Å². The lowest BCUT2D eigenvalue weighted by atomic mass is 10.1. The first-order valence-corrected chi connectivity index (χ1v) is 6.14. The summed E-state index contributed by atoms with van der Waals surface area (Å²) in [7, 11) is 1.98. The molecule has 4 nitrogen and oxygen atoms in total. The van der Waals surface area contributed by atoms with E-state index in [1.807, 2.05) is 18.7 Å². The second-order valence-electron chi connectivity index (χ2n) is 4.75. The molecule has 1 aliphatic rings. The molecule has 0 radical (unpaired) electrons. The van der Waals surface area contributed by atoms with Crippen molar-refractivity contribution >= 4 is 6.08 Å². The van der Waals surface area contributed by atoms with Crippen LogP contribution >= 0.6 is 0 Å². The molecule has 1 N–H and O–H groups in total. The standard InChI is InChI=1S/C13H21N3O/c1-10(6-12-9-17-5-4-14-12)7-13-8-11(2)15-16(13)3/h7-8,12,14H,4-6,9H2,1-3H3. The Labute approximate surface area is 103 Å². The highest BCUT2D eigenvalue weighted by Crippen LogP contribution is 2.13. The van der Waals surface area contributed by atoms with Crippen molar-refractivity contribution in [2.75, 3.05) is 19.8 Å². The molecule has 1 aromatic heterocycles. The molecular weight excluding hydrogens is 214 g/mol. The third-order valence-corrected chi connectivity index (χ3v) is 3.00. The Balaban J connectivity index is 1.98. The molecule has 2 rings (SSSR count). The van der Waals surface area contributed by atoms with Gasteiger partial charge in [0.25, 0.3) is 0 Å². The molecule has 1 unspecified atom stereocenters. The topological polar surface area (TPSA) is 39.1 Å². The predicted octanol–water partition coefficient (Wildman–Crippen LogP) is 1.51. The van der Waals surface area contributed by atoms with E-state index in [2.05, 4.69) is 29.5 Å². The fourth-order valence-electron chi connectivity index (χ4n) is 2.22. The molecule has 1 aromatic rings. The normalized spacial score (nSPS) is 21.8. The lowest BCUT2D eigenvalue weighted by Crippen LogP contribution is -2.41. The Kier molecular flexibility index (Phi) is 3.97. The van der Waals surface area contributed by atoms with Crippen LogP contribution in [0.25, 0.3) is 6.08 Å². The number of nitrogens with zero attached hydrogens (tertiary/aromatic N) is 2. The number of morpholine rings is 1. The highest BCUT2D eigenvalue weighted by atomic mass is 16.5. The predicted molar refractivity (Wildman–Crippen MR) is 68.8 cm³/mol. The molecular formula is C13H21N3O. The summed E-state index contributed by atoms with van der Waals surface area (Å²) in [6.07, 6.45) is 3.24. The van der Waals surface area contributed by atoms with E-state index < -0.39 is 0 Å². The Bertz CT molecular complexity index is 403. The summed E-state index contributed by atoms with van der Waals surface area (Å²) in [6.45, 7) is 6.79. The summed E-state index contributed by atoms with van der Waals surface area (Å²) in [5.74, 6) is 0. The smallest absolute Gasteiger partial charge is 0.0623 e. The van der Waals surface area contributed by atoms with Gasteiger partial charge in [0.05, 0.1) is 24.6 Å². The maximum absolute atomic E-state index is 5.45. The zero-order valence-corrected chi connectivity index (χ0v) is 10.9. The van der Waals surface area contributed by atoms with E-state index in [1.165, 1.54) is 5.57 Å². The molecule has 0 bridgehead atoms. The third kappa shape index (κ3) is 3.41. The minimum absolute atomic E-state index is 0.453. The first-order chi connectivity index (χ1) is 8.15. The highest BCUT2D eigenvalue weighted by Gasteiger charge is 2.13. The molecule has 0 amide bonds. The van der Waals surface area contributed by atoms with Crippen LogP contribution in [0.15, 0.2) is 11.6 Å². The van der Waals surface area contributed by atoms with Crippen LogP contribution in [0, 0.1) is 6.92 Å². The van der Waals surface area contributed by atoms with Gasteiger partial charge in [0.1, 0.15) is 0 Å².